The standard InChI is InChI=1S/C22H16N2O3S2/c25-20-19(13-15-8-9-17-16(11-15)7-4-10-23-17)29-22(28)24(20)18(21(26)27)12-14-5-2-1-3-6-14/h1-11,13,18H,12H2,(H,26,27)/b19-13-/t18-/m0/s1. The topological polar surface area (TPSA) is 70.5 Å². The number of carboxylic acids is 1. The van der Waals surface area contributed by atoms with Crippen molar-refractivity contribution in [2.45, 2.75) is 12.5 Å². The van der Waals surface area contributed by atoms with Crippen LogP contribution in [0.1, 0.15) is 11.1 Å². The number of benzene rings is 2. The van der Waals surface area contributed by atoms with Gasteiger partial charge in [0, 0.05) is 18.0 Å². The Bertz CT molecular complexity index is 1150. The van der Waals surface area contributed by atoms with E-state index in [0.717, 1.165) is 33.8 Å². The van der Waals surface area contributed by atoms with Gasteiger partial charge in [-0.05, 0) is 35.4 Å². The zero-order valence-corrected chi connectivity index (χ0v) is 16.8. The molecule has 1 N–H and O–H groups in total. The van der Waals surface area contributed by atoms with Gasteiger partial charge in [-0.2, -0.15) is 0 Å². The minimum atomic E-state index is -1.08. The number of rotatable bonds is 5. The summed E-state index contributed by atoms with van der Waals surface area (Å²) in [7, 11) is 0. The van der Waals surface area contributed by atoms with Crippen LogP contribution >= 0.6 is 24.0 Å². The number of aliphatic carboxylic acids is 1. The molecule has 144 valence electrons. The van der Waals surface area contributed by atoms with Gasteiger partial charge in [0.15, 0.2) is 0 Å². The quantitative estimate of drug-likeness (QED) is 0.494. The normalized spacial score (nSPS) is 16.6. The van der Waals surface area contributed by atoms with E-state index in [4.69, 9.17) is 12.2 Å². The molecule has 2 aromatic carbocycles. The maximum Gasteiger partial charge on any atom is 0.327 e. The van der Waals surface area contributed by atoms with E-state index < -0.39 is 12.0 Å². The van der Waals surface area contributed by atoms with Gasteiger partial charge in [-0.1, -0.05) is 66.4 Å². The molecule has 5 nitrogen and oxygen atoms in total. The number of fused-ring (bicyclic) bond motifs is 1. The first kappa shape index (κ1) is 19.3. The molecule has 7 heteroatoms. The third kappa shape index (κ3) is 4.06. The molecule has 0 spiro atoms. The highest BCUT2D eigenvalue weighted by molar-refractivity contribution is 8.26. The molecule has 3 aromatic rings. The van der Waals surface area contributed by atoms with Crippen molar-refractivity contribution in [2.75, 3.05) is 0 Å². The second-order valence-electron chi connectivity index (χ2n) is 6.55. The number of hydrogen-bond acceptors (Lipinski definition) is 5. The Kier molecular flexibility index (Phi) is 5.42. The monoisotopic (exact) mass is 420 g/mol. The van der Waals surface area contributed by atoms with E-state index in [-0.39, 0.29) is 16.6 Å². The fraction of sp³-hybridized carbons (Fsp3) is 0.0909. The molecule has 0 radical (unpaired) electrons. The van der Waals surface area contributed by atoms with Crippen molar-refractivity contribution in [2.24, 2.45) is 0 Å². The largest absolute Gasteiger partial charge is 0.480 e. The minimum absolute atomic E-state index is 0.192. The maximum absolute atomic E-state index is 13.0. The predicted octanol–water partition coefficient (Wildman–Crippen LogP) is 4.13. The molecule has 1 aliphatic rings. The van der Waals surface area contributed by atoms with Gasteiger partial charge in [-0.3, -0.25) is 14.7 Å². The number of nitrogens with zero attached hydrogens (tertiary/aromatic N) is 2. The van der Waals surface area contributed by atoms with E-state index in [1.54, 1.807) is 12.3 Å². The van der Waals surface area contributed by atoms with Gasteiger partial charge in [0.05, 0.1) is 10.4 Å². The van der Waals surface area contributed by atoms with Crippen LogP contribution in [-0.2, 0) is 16.0 Å². The van der Waals surface area contributed by atoms with Crippen LogP contribution in [-0.4, -0.2) is 37.2 Å². The van der Waals surface area contributed by atoms with Gasteiger partial charge in [0.25, 0.3) is 5.91 Å². The molecule has 1 fully saturated rings. The number of pyridine rings is 1. The lowest BCUT2D eigenvalue weighted by Gasteiger charge is -2.23. The van der Waals surface area contributed by atoms with Gasteiger partial charge >= 0.3 is 5.97 Å². The number of thiocarbonyl (C=S) groups is 1. The summed E-state index contributed by atoms with van der Waals surface area (Å²) in [6.07, 6.45) is 3.66. The summed E-state index contributed by atoms with van der Waals surface area (Å²) < 4.78 is 0.257. The summed E-state index contributed by atoms with van der Waals surface area (Å²) >= 11 is 6.48. The van der Waals surface area contributed by atoms with Crippen LogP contribution in [0.25, 0.3) is 17.0 Å². The number of aromatic nitrogens is 1. The van der Waals surface area contributed by atoms with E-state index in [1.165, 1.54) is 4.90 Å². The molecule has 0 aliphatic carbocycles. The lowest BCUT2D eigenvalue weighted by Crippen LogP contribution is -2.45. The van der Waals surface area contributed by atoms with Crippen LogP contribution in [0.15, 0.2) is 71.8 Å². The van der Waals surface area contributed by atoms with Gasteiger partial charge in [0.1, 0.15) is 10.4 Å². The molecule has 0 saturated carbocycles. The summed E-state index contributed by atoms with van der Waals surface area (Å²) in [6, 6.07) is 17.7. The highest BCUT2D eigenvalue weighted by atomic mass is 32.2. The van der Waals surface area contributed by atoms with Crippen LogP contribution in [0.3, 0.4) is 0 Å². The van der Waals surface area contributed by atoms with Crippen molar-refractivity contribution in [3.63, 3.8) is 0 Å². The Morgan fingerprint density at radius 3 is 2.72 bits per heavy atom. The van der Waals surface area contributed by atoms with Crippen LogP contribution in [0.4, 0.5) is 0 Å². The highest BCUT2D eigenvalue weighted by Crippen LogP contribution is 2.35. The van der Waals surface area contributed by atoms with Crippen LogP contribution < -0.4 is 0 Å². The molecule has 4 rings (SSSR count). The molecule has 29 heavy (non-hydrogen) atoms. The number of carboxylic acid groups (broad SMARTS) is 1. The van der Waals surface area contributed by atoms with Crippen molar-refractivity contribution in [1.29, 1.82) is 0 Å². The van der Waals surface area contributed by atoms with E-state index in [2.05, 4.69) is 4.98 Å². The van der Waals surface area contributed by atoms with Crippen molar-refractivity contribution < 1.29 is 14.7 Å². The van der Waals surface area contributed by atoms with Gasteiger partial charge in [-0.25, -0.2) is 4.79 Å². The first-order chi connectivity index (χ1) is 14.0. The number of hydrogen-bond donors (Lipinski definition) is 1. The Balaban J connectivity index is 1.62. The summed E-state index contributed by atoms with van der Waals surface area (Å²) in [5, 5.41) is 10.7. The molecule has 1 aromatic heterocycles. The second kappa shape index (κ2) is 8.14. The van der Waals surface area contributed by atoms with E-state index in [1.807, 2.05) is 60.7 Å². The van der Waals surface area contributed by atoms with Crippen molar-refractivity contribution in [1.82, 2.24) is 9.88 Å². The SMILES string of the molecule is O=C(O)[C@H](Cc1ccccc1)N1C(=O)/C(=C/c2ccc3ncccc3c2)SC1=S. The molecule has 0 unspecified atom stereocenters. The maximum atomic E-state index is 13.0. The average molecular weight is 421 g/mol. The Morgan fingerprint density at radius 2 is 1.97 bits per heavy atom. The summed E-state index contributed by atoms with van der Waals surface area (Å²) in [5.74, 6) is -1.46. The number of amides is 1. The molecule has 1 aliphatic heterocycles. The number of thioether (sulfide) groups is 1. The first-order valence-electron chi connectivity index (χ1n) is 8.91. The van der Waals surface area contributed by atoms with Crippen molar-refractivity contribution in [3.05, 3.63) is 82.9 Å². The van der Waals surface area contributed by atoms with E-state index in [0.29, 0.717) is 4.91 Å². The lowest BCUT2D eigenvalue weighted by molar-refractivity contribution is -0.145. The minimum Gasteiger partial charge on any atom is -0.480 e. The molecule has 2 heterocycles. The van der Waals surface area contributed by atoms with E-state index >= 15 is 0 Å². The third-order valence-electron chi connectivity index (χ3n) is 4.62. The average Bonchev–Trinajstić information content (AvgIpc) is 2.99. The molecular formula is C22H16N2O3S2. The third-order valence-corrected chi connectivity index (χ3v) is 5.95. The Hall–Kier alpha value is -3.03. The van der Waals surface area contributed by atoms with Crippen molar-refractivity contribution >= 4 is 57.2 Å². The molecule has 0 bridgehead atoms. The Labute approximate surface area is 177 Å². The molecule has 1 saturated heterocycles. The Morgan fingerprint density at radius 1 is 1.17 bits per heavy atom. The van der Waals surface area contributed by atoms with Crippen LogP contribution in [0.5, 0.6) is 0 Å². The zero-order chi connectivity index (χ0) is 20.4. The van der Waals surface area contributed by atoms with Crippen molar-refractivity contribution in [3.8, 4) is 0 Å². The predicted molar refractivity (Wildman–Crippen MR) is 118 cm³/mol. The fourth-order valence-electron chi connectivity index (χ4n) is 3.21. The van der Waals surface area contributed by atoms with Gasteiger partial charge in [0.2, 0.25) is 0 Å². The number of carbonyl (C=O) groups is 2. The smallest absolute Gasteiger partial charge is 0.327 e. The summed E-state index contributed by atoms with van der Waals surface area (Å²) in [6.45, 7) is 0. The molecule has 1 atom stereocenters. The van der Waals surface area contributed by atoms with Gasteiger partial charge < -0.3 is 5.11 Å². The van der Waals surface area contributed by atoms with Crippen LogP contribution in [0, 0.1) is 0 Å². The fourth-order valence-corrected chi connectivity index (χ4v) is 4.57. The summed E-state index contributed by atoms with van der Waals surface area (Å²) in [5.41, 5.74) is 2.53. The van der Waals surface area contributed by atoms with Crippen LogP contribution in [0.2, 0.25) is 0 Å². The van der Waals surface area contributed by atoms with Gasteiger partial charge in [-0.15, -0.1) is 0 Å². The lowest BCUT2D eigenvalue weighted by atomic mass is 10.0. The first-order valence-corrected chi connectivity index (χ1v) is 10.1. The zero-order valence-electron chi connectivity index (χ0n) is 15.2. The molecule has 1 amide bonds. The molecular weight excluding hydrogens is 404 g/mol. The highest BCUT2D eigenvalue weighted by Gasteiger charge is 2.40. The number of carbonyl (C=O) groups excluding carboxylic acids is 1. The van der Waals surface area contributed by atoms with E-state index in [9.17, 15) is 14.7 Å². The second-order valence-corrected chi connectivity index (χ2v) is 8.23. The summed E-state index contributed by atoms with van der Waals surface area (Å²) in [4.78, 5) is 30.8.